The number of carbonyl (C=O) groups is 1. The average molecular weight is 306 g/mol. The van der Waals surface area contributed by atoms with Gasteiger partial charge in [0.05, 0.1) is 6.61 Å². The molecule has 0 radical (unpaired) electrons. The molecule has 0 aromatic carbocycles. The van der Waals surface area contributed by atoms with E-state index in [0.29, 0.717) is 25.7 Å². The molecule has 0 N–H and O–H groups in total. The first-order valence-electron chi connectivity index (χ1n) is 6.99. The lowest BCUT2D eigenvalue weighted by atomic mass is 9.80. The minimum atomic E-state index is -4.69. The van der Waals surface area contributed by atoms with Crippen LogP contribution in [-0.2, 0) is 21.1 Å². The molecule has 2 rings (SSSR count). The standard InChI is InChI=1S/C13H17F3N2O3/c1-2-20-11(19)12(7-5-3-4-6-8-12)10-17-9(18-21-10)13(14,15)16/h2-8H2,1H3. The SMILES string of the molecule is CCOC(=O)C1(c2nc(C(F)(F)F)no2)CCCCCC1. The van der Waals surface area contributed by atoms with Crippen LogP contribution in [0.4, 0.5) is 13.2 Å². The van der Waals surface area contributed by atoms with Gasteiger partial charge in [0.2, 0.25) is 5.89 Å². The molecule has 1 aliphatic carbocycles. The predicted molar refractivity (Wildman–Crippen MR) is 65.3 cm³/mol. The molecule has 1 saturated carbocycles. The first-order valence-corrected chi connectivity index (χ1v) is 6.99. The summed E-state index contributed by atoms with van der Waals surface area (Å²) in [6, 6.07) is 0. The molecule has 5 nitrogen and oxygen atoms in total. The molecule has 0 saturated heterocycles. The van der Waals surface area contributed by atoms with E-state index in [4.69, 9.17) is 9.26 Å². The molecule has 0 aliphatic heterocycles. The second-order valence-electron chi connectivity index (χ2n) is 5.14. The average Bonchev–Trinajstić information content (AvgIpc) is 2.79. The van der Waals surface area contributed by atoms with Crippen molar-refractivity contribution in [3.8, 4) is 0 Å². The number of rotatable bonds is 3. The van der Waals surface area contributed by atoms with E-state index in [9.17, 15) is 18.0 Å². The summed E-state index contributed by atoms with van der Waals surface area (Å²) >= 11 is 0. The van der Waals surface area contributed by atoms with Crippen molar-refractivity contribution in [2.45, 2.75) is 57.0 Å². The molecule has 1 aliphatic rings. The number of alkyl halides is 3. The van der Waals surface area contributed by atoms with Crippen molar-refractivity contribution in [1.82, 2.24) is 10.1 Å². The van der Waals surface area contributed by atoms with Crippen LogP contribution < -0.4 is 0 Å². The van der Waals surface area contributed by atoms with Crippen molar-refractivity contribution in [3.05, 3.63) is 11.7 Å². The second kappa shape index (κ2) is 6.03. The van der Waals surface area contributed by atoms with E-state index in [1.807, 2.05) is 0 Å². The predicted octanol–water partition coefficient (Wildman–Crippen LogP) is 3.24. The molecule has 1 aromatic heterocycles. The third kappa shape index (κ3) is 3.19. The summed E-state index contributed by atoms with van der Waals surface area (Å²) < 4.78 is 47.7. The minimum absolute atomic E-state index is 0.154. The summed E-state index contributed by atoms with van der Waals surface area (Å²) in [4.78, 5) is 15.7. The Balaban J connectivity index is 2.39. The number of aromatic nitrogens is 2. The van der Waals surface area contributed by atoms with Gasteiger partial charge in [-0.2, -0.15) is 18.2 Å². The Labute approximate surface area is 119 Å². The zero-order chi connectivity index (χ0) is 15.5. The van der Waals surface area contributed by atoms with Gasteiger partial charge in [-0.15, -0.1) is 0 Å². The molecular formula is C13H17F3N2O3. The van der Waals surface area contributed by atoms with Gasteiger partial charge in [-0.25, -0.2) is 0 Å². The third-order valence-corrected chi connectivity index (χ3v) is 3.71. The fourth-order valence-electron chi connectivity index (χ4n) is 2.64. The van der Waals surface area contributed by atoms with E-state index in [0.717, 1.165) is 12.8 Å². The van der Waals surface area contributed by atoms with Gasteiger partial charge in [0.1, 0.15) is 5.41 Å². The van der Waals surface area contributed by atoms with Gasteiger partial charge in [-0.05, 0) is 19.8 Å². The smallest absolute Gasteiger partial charge is 0.455 e. The zero-order valence-corrected chi connectivity index (χ0v) is 11.7. The maximum atomic E-state index is 12.6. The maximum Gasteiger partial charge on any atom is 0.455 e. The number of hydrogen-bond donors (Lipinski definition) is 0. The number of hydrogen-bond acceptors (Lipinski definition) is 5. The highest BCUT2D eigenvalue weighted by atomic mass is 19.4. The minimum Gasteiger partial charge on any atom is -0.465 e. The van der Waals surface area contributed by atoms with Gasteiger partial charge in [0, 0.05) is 0 Å². The monoisotopic (exact) mass is 306 g/mol. The van der Waals surface area contributed by atoms with Gasteiger partial charge >= 0.3 is 12.1 Å². The van der Waals surface area contributed by atoms with Gasteiger partial charge in [-0.1, -0.05) is 30.8 Å². The maximum absolute atomic E-state index is 12.6. The van der Waals surface area contributed by atoms with Crippen LogP contribution in [0, 0.1) is 0 Å². The highest BCUT2D eigenvalue weighted by molar-refractivity contribution is 5.81. The molecule has 0 spiro atoms. The van der Waals surface area contributed by atoms with E-state index in [2.05, 4.69) is 10.1 Å². The zero-order valence-electron chi connectivity index (χ0n) is 11.7. The Morgan fingerprint density at radius 1 is 1.29 bits per heavy atom. The lowest BCUT2D eigenvalue weighted by molar-refractivity contribution is -0.152. The van der Waals surface area contributed by atoms with Gasteiger partial charge < -0.3 is 9.26 Å². The normalized spacial score (nSPS) is 19.0. The van der Waals surface area contributed by atoms with Crippen molar-refractivity contribution in [3.63, 3.8) is 0 Å². The van der Waals surface area contributed by atoms with E-state index in [1.165, 1.54) is 0 Å². The summed E-state index contributed by atoms with van der Waals surface area (Å²) in [5.41, 5.74) is -1.25. The Morgan fingerprint density at radius 3 is 2.38 bits per heavy atom. The van der Waals surface area contributed by atoms with E-state index >= 15 is 0 Å². The van der Waals surface area contributed by atoms with Gasteiger partial charge in [0.25, 0.3) is 5.82 Å². The number of ether oxygens (including phenoxy) is 1. The van der Waals surface area contributed by atoms with Crippen molar-refractivity contribution in [2.24, 2.45) is 0 Å². The van der Waals surface area contributed by atoms with Crippen LogP contribution in [0.3, 0.4) is 0 Å². The molecule has 1 fully saturated rings. The Kier molecular flexibility index (Phi) is 4.53. The molecule has 8 heteroatoms. The fourth-order valence-corrected chi connectivity index (χ4v) is 2.64. The molecule has 0 unspecified atom stereocenters. The number of nitrogens with zero attached hydrogens (tertiary/aromatic N) is 2. The highest BCUT2D eigenvalue weighted by Gasteiger charge is 2.48. The highest BCUT2D eigenvalue weighted by Crippen LogP contribution is 2.40. The van der Waals surface area contributed by atoms with Gasteiger partial charge in [0.15, 0.2) is 0 Å². The van der Waals surface area contributed by atoms with Crippen molar-refractivity contribution >= 4 is 5.97 Å². The topological polar surface area (TPSA) is 65.2 Å². The summed E-state index contributed by atoms with van der Waals surface area (Å²) in [5, 5.41) is 2.96. The Morgan fingerprint density at radius 2 is 1.90 bits per heavy atom. The lowest BCUT2D eigenvalue weighted by Gasteiger charge is -2.25. The quantitative estimate of drug-likeness (QED) is 0.633. The molecule has 0 amide bonds. The van der Waals surface area contributed by atoms with Gasteiger partial charge in [-0.3, -0.25) is 4.79 Å². The van der Waals surface area contributed by atoms with Crippen LogP contribution in [0.5, 0.6) is 0 Å². The summed E-state index contributed by atoms with van der Waals surface area (Å²) in [6.07, 6.45) is -0.701. The van der Waals surface area contributed by atoms with E-state index in [-0.39, 0.29) is 12.5 Å². The number of carbonyl (C=O) groups excluding carboxylic acids is 1. The van der Waals surface area contributed by atoms with Crippen LogP contribution in [0.1, 0.15) is 57.2 Å². The van der Waals surface area contributed by atoms with E-state index in [1.54, 1.807) is 6.92 Å². The van der Waals surface area contributed by atoms with Crippen LogP contribution in [0.2, 0.25) is 0 Å². The molecule has 1 aromatic rings. The summed E-state index contributed by atoms with van der Waals surface area (Å²) in [7, 11) is 0. The van der Waals surface area contributed by atoms with Crippen LogP contribution >= 0.6 is 0 Å². The van der Waals surface area contributed by atoms with Crippen LogP contribution in [0.15, 0.2) is 4.52 Å². The molecule has 1 heterocycles. The fraction of sp³-hybridized carbons (Fsp3) is 0.769. The molecular weight excluding hydrogens is 289 g/mol. The molecule has 0 bridgehead atoms. The number of halogens is 3. The van der Waals surface area contributed by atoms with E-state index < -0.39 is 23.4 Å². The summed E-state index contributed by atoms with van der Waals surface area (Å²) in [6.45, 7) is 1.80. The van der Waals surface area contributed by atoms with Crippen molar-refractivity contribution in [1.29, 1.82) is 0 Å². The Bertz CT molecular complexity index is 491. The largest absolute Gasteiger partial charge is 0.465 e. The summed E-state index contributed by atoms with van der Waals surface area (Å²) in [5.74, 6) is -2.22. The Hall–Kier alpha value is -1.60. The number of esters is 1. The lowest BCUT2D eigenvalue weighted by Crippen LogP contribution is -2.37. The van der Waals surface area contributed by atoms with Crippen LogP contribution in [0.25, 0.3) is 0 Å². The third-order valence-electron chi connectivity index (χ3n) is 3.71. The van der Waals surface area contributed by atoms with Crippen LogP contribution in [-0.4, -0.2) is 22.7 Å². The second-order valence-corrected chi connectivity index (χ2v) is 5.14. The molecule has 118 valence electrons. The van der Waals surface area contributed by atoms with Crippen molar-refractivity contribution < 1.29 is 27.2 Å². The molecule has 0 atom stereocenters. The first kappa shape index (κ1) is 15.8. The molecule has 21 heavy (non-hydrogen) atoms. The first-order chi connectivity index (χ1) is 9.90. The van der Waals surface area contributed by atoms with Crippen molar-refractivity contribution in [2.75, 3.05) is 6.61 Å².